The zero-order valence-corrected chi connectivity index (χ0v) is 12.9. The molecule has 0 aliphatic carbocycles. The van der Waals surface area contributed by atoms with Gasteiger partial charge >= 0.3 is 12.0 Å². The van der Waals surface area contributed by atoms with Crippen LogP contribution >= 0.6 is 0 Å². The first-order chi connectivity index (χ1) is 10.0. The quantitative estimate of drug-likeness (QED) is 0.841. The Labute approximate surface area is 124 Å². The molecule has 1 unspecified atom stereocenters. The Hall–Kier alpha value is -1.98. The Kier molecular flexibility index (Phi) is 4.88. The molecule has 2 amide bonds. The molecular weight excluding hydrogens is 270 g/mol. The summed E-state index contributed by atoms with van der Waals surface area (Å²) in [6, 6.07) is -0.161. The van der Waals surface area contributed by atoms with Gasteiger partial charge in [0, 0.05) is 25.0 Å². The minimum atomic E-state index is -0.418. The van der Waals surface area contributed by atoms with Crippen LogP contribution in [0.25, 0.3) is 0 Å². The van der Waals surface area contributed by atoms with Crippen LogP contribution in [0.1, 0.15) is 42.7 Å². The van der Waals surface area contributed by atoms with Gasteiger partial charge in [-0.05, 0) is 32.6 Å². The summed E-state index contributed by atoms with van der Waals surface area (Å²) in [5.74, 6) is 0.0977. The number of ether oxygens (including phenoxy) is 1. The van der Waals surface area contributed by atoms with Crippen molar-refractivity contribution in [1.82, 2.24) is 9.88 Å². The number of aryl methyl sites for hydroxylation is 1. The van der Waals surface area contributed by atoms with Crippen LogP contribution in [0.4, 0.5) is 10.5 Å². The van der Waals surface area contributed by atoms with E-state index in [1.165, 1.54) is 0 Å². The van der Waals surface area contributed by atoms with Crippen molar-refractivity contribution in [3.8, 4) is 0 Å². The molecule has 1 fully saturated rings. The first-order valence-electron chi connectivity index (χ1n) is 7.44. The number of urea groups is 1. The van der Waals surface area contributed by atoms with Crippen LogP contribution in [0.3, 0.4) is 0 Å². The Bertz CT molecular complexity index is 524. The number of H-pyrrole nitrogens is 1. The van der Waals surface area contributed by atoms with Crippen molar-refractivity contribution in [2.75, 3.05) is 25.0 Å². The number of nitrogens with zero attached hydrogens (tertiary/aromatic N) is 1. The third-order valence-corrected chi connectivity index (χ3v) is 3.74. The molecule has 1 aromatic heterocycles. The molecule has 6 nitrogen and oxygen atoms in total. The monoisotopic (exact) mass is 293 g/mol. The van der Waals surface area contributed by atoms with Gasteiger partial charge in [0.1, 0.15) is 5.56 Å². The van der Waals surface area contributed by atoms with Crippen molar-refractivity contribution in [2.24, 2.45) is 5.92 Å². The number of carbonyl (C=O) groups excluding carboxylic acids is 2. The summed E-state index contributed by atoms with van der Waals surface area (Å²) < 4.78 is 5.03. The number of esters is 1. The van der Waals surface area contributed by atoms with Crippen molar-refractivity contribution < 1.29 is 14.3 Å². The molecule has 0 bridgehead atoms. The summed E-state index contributed by atoms with van der Waals surface area (Å²) in [7, 11) is 0. The van der Waals surface area contributed by atoms with Gasteiger partial charge in [-0.2, -0.15) is 0 Å². The fraction of sp³-hybridized carbons (Fsp3) is 0.600. The molecule has 21 heavy (non-hydrogen) atoms. The number of carbonyl (C=O) groups is 2. The van der Waals surface area contributed by atoms with E-state index in [0.29, 0.717) is 29.5 Å². The number of hydrogen-bond donors (Lipinski definition) is 2. The lowest BCUT2D eigenvalue weighted by molar-refractivity contribution is 0.0527. The molecule has 0 radical (unpaired) electrons. The molecule has 2 rings (SSSR count). The van der Waals surface area contributed by atoms with E-state index in [-0.39, 0.29) is 6.03 Å². The van der Waals surface area contributed by atoms with Crippen LogP contribution in [0.5, 0.6) is 0 Å². The summed E-state index contributed by atoms with van der Waals surface area (Å²) >= 11 is 0. The van der Waals surface area contributed by atoms with Crippen LogP contribution < -0.4 is 5.32 Å². The molecule has 1 atom stereocenters. The number of aromatic amines is 1. The highest BCUT2D eigenvalue weighted by Gasteiger charge is 2.24. The van der Waals surface area contributed by atoms with Crippen LogP contribution in [-0.2, 0) is 4.74 Å². The Morgan fingerprint density at radius 1 is 1.52 bits per heavy atom. The number of piperidine rings is 1. The largest absolute Gasteiger partial charge is 0.462 e. The lowest BCUT2D eigenvalue weighted by atomic mass is 10.0. The molecule has 6 heteroatoms. The van der Waals surface area contributed by atoms with E-state index in [9.17, 15) is 9.59 Å². The number of amides is 2. The standard InChI is InChI=1S/C15H23N3O3/c1-4-21-14(19)13-11(3)16-8-12(13)17-15(20)18-7-5-6-10(2)9-18/h8,10,16H,4-7,9H2,1-3H3,(H,17,20). The maximum Gasteiger partial charge on any atom is 0.342 e. The van der Waals surface area contributed by atoms with E-state index >= 15 is 0 Å². The van der Waals surface area contributed by atoms with Gasteiger partial charge in [0.25, 0.3) is 0 Å². The first-order valence-corrected chi connectivity index (χ1v) is 7.44. The molecule has 0 saturated carbocycles. The number of nitrogens with one attached hydrogen (secondary N) is 2. The minimum Gasteiger partial charge on any atom is -0.462 e. The van der Waals surface area contributed by atoms with E-state index in [4.69, 9.17) is 4.74 Å². The Balaban J connectivity index is 2.09. The molecule has 1 aromatic rings. The Morgan fingerprint density at radius 3 is 2.95 bits per heavy atom. The zero-order valence-electron chi connectivity index (χ0n) is 12.9. The van der Waals surface area contributed by atoms with E-state index in [1.54, 1.807) is 24.9 Å². The van der Waals surface area contributed by atoms with Gasteiger partial charge in [0.2, 0.25) is 0 Å². The van der Waals surface area contributed by atoms with Crippen molar-refractivity contribution in [2.45, 2.75) is 33.6 Å². The summed E-state index contributed by atoms with van der Waals surface area (Å²) in [6.45, 7) is 7.50. The molecule has 2 N–H and O–H groups in total. The number of anilines is 1. The van der Waals surface area contributed by atoms with Gasteiger partial charge in [-0.15, -0.1) is 0 Å². The van der Waals surface area contributed by atoms with Gasteiger partial charge in [0.15, 0.2) is 0 Å². The zero-order chi connectivity index (χ0) is 15.4. The summed E-state index contributed by atoms with van der Waals surface area (Å²) in [5, 5.41) is 2.82. The molecule has 0 aromatic carbocycles. The number of rotatable bonds is 3. The average Bonchev–Trinajstić information content (AvgIpc) is 2.80. The van der Waals surface area contributed by atoms with Gasteiger partial charge < -0.3 is 19.9 Å². The molecule has 1 aliphatic heterocycles. The Morgan fingerprint density at radius 2 is 2.29 bits per heavy atom. The van der Waals surface area contributed by atoms with Gasteiger partial charge in [-0.1, -0.05) is 6.92 Å². The topological polar surface area (TPSA) is 74.4 Å². The minimum absolute atomic E-state index is 0.161. The maximum absolute atomic E-state index is 12.3. The van der Waals surface area contributed by atoms with E-state index in [2.05, 4.69) is 17.2 Å². The van der Waals surface area contributed by atoms with Crippen LogP contribution in [0, 0.1) is 12.8 Å². The van der Waals surface area contributed by atoms with E-state index < -0.39 is 5.97 Å². The van der Waals surface area contributed by atoms with Crippen molar-refractivity contribution in [3.05, 3.63) is 17.5 Å². The average molecular weight is 293 g/mol. The lowest BCUT2D eigenvalue weighted by Gasteiger charge is -2.30. The molecular formula is C15H23N3O3. The van der Waals surface area contributed by atoms with Crippen molar-refractivity contribution in [3.63, 3.8) is 0 Å². The molecule has 1 saturated heterocycles. The van der Waals surface area contributed by atoms with Crippen molar-refractivity contribution in [1.29, 1.82) is 0 Å². The third-order valence-electron chi connectivity index (χ3n) is 3.74. The second-order valence-corrected chi connectivity index (χ2v) is 5.55. The summed E-state index contributed by atoms with van der Waals surface area (Å²) in [6.07, 6.45) is 3.81. The highest BCUT2D eigenvalue weighted by atomic mass is 16.5. The predicted octanol–water partition coefficient (Wildman–Crippen LogP) is 2.76. The SMILES string of the molecule is CCOC(=O)c1c(NC(=O)N2CCCC(C)C2)c[nH]c1C. The second-order valence-electron chi connectivity index (χ2n) is 5.55. The second kappa shape index (κ2) is 6.65. The third kappa shape index (κ3) is 3.56. The predicted molar refractivity (Wildman–Crippen MR) is 80.5 cm³/mol. The number of hydrogen-bond acceptors (Lipinski definition) is 3. The van der Waals surface area contributed by atoms with Crippen molar-refractivity contribution >= 4 is 17.7 Å². The van der Waals surface area contributed by atoms with Crippen LogP contribution in [-0.4, -0.2) is 41.6 Å². The van der Waals surface area contributed by atoms with Crippen LogP contribution in [0.2, 0.25) is 0 Å². The van der Waals surface area contributed by atoms with Crippen LogP contribution in [0.15, 0.2) is 6.20 Å². The van der Waals surface area contributed by atoms with Gasteiger partial charge in [-0.3, -0.25) is 0 Å². The lowest BCUT2D eigenvalue weighted by Crippen LogP contribution is -2.41. The molecule has 0 spiro atoms. The fourth-order valence-corrected chi connectivity index (χ4v) is 2.66. The molecule has 116 valence electrons. The summed E-state index contributed by atoms with van der Waals surface area (Å²) in [4.78, 5) is 29.0. The van der Waals surface area contributed by atoms with E-state index in [1.807, 2.05) is 0 Å². The smallest absolute Gasteiger partial charge is 0.342 e. The molecule has 2 heterocycles. The first kappa shape index (κ1) is 15.4. The highest BCUT2D eigenvalue weighted by molar-refractivity contribution is 6.01. The number of likely N-dealkylation sites (tertiary alicyclic amines) is 1. The maximum atomic E-state index is 12.3. The summed E-state index contributed by atoms with van der Waals surface area (Å²) in [5.41, 5.74) is 1.57. The molecule has 1 aliphatic rings. The van der Waals surface area contributed by atoms with E-state index in [0.717, 1.165) is 25.9 Å². The van der Waals surface area contributed by atoms with Gasteiger partial charge in [-0.25, -0.2) is 9.59 Å². The number of aromatic nitrogens is 1. The van der Waals surface area contributed by atoms with Gasteiger partial charge in [0.05, 0.1) is 12.3 Å². The highest BCUT2D eigenvalue weighted by Crippen LogP contribution is 2.22. The fourth-order valence-electron chi connectivity index (χ4n) is 2.66. The normalized spacial score (nSPS) is 18.4.